The molecule has 0 aliphatic carbocycles. The zero-order valence-corrected chi connectivity index (χ0v) is 33.6. The Hall–Kier alpha value is -5.02. The number of benzene rings is 3. The lowest BCUT2D eigenvalue weighted by molar-refractivity contribution is -0.136. The van der Waals surface area contributed by atoms with Gasteiger partial charge in [0.2, 0.25) is 11.8 Å². The Morgan fingerprint density at radius 2 is 1.72 bits per heavy atom. The fourth-order valence-corrected chi connectivity index (χ4v) is 11.3. The van der Waals surface area contributed by atoms with Crippen LogP contribution in [0.5, 0.6) is 5.75 Å². The van der Waals surface area contributed by atoms with Crippen LogP contribution in [-0.4, -0.2) is 107 Å². The molecule has 7 heterocycles. The van der Waals surface area contributed by atoms with Gasteiger partial charge < -0.3 is 19.4 Å². The van der Waals surface area contributed by atoms with E-state index in [9.17, 15) is 23.2 Å². The first-order valence-electron chi connectivity index (χ1n) is 21.4. The number of carbonyl (C=O) groups is 3. The SMILES string of the molecule is C[C@@H]1Cc2c(ccc3[nH]ncc23)C(c2c(F)cc(N3CCC(CN4CCC5(CCOc6c5ccc5c6CN(C6CCC(=O)NC6=O)C5=O)CC4)CC3)cc2F)N1CC(F)F. The maximum atomic E-state index is 16.3. The van der Waals surface area contributed by atoms with Crippen molar-refractivity contribution in [3.63, 3.8) is 0 Å². The van der Waals surface area contributed by atoms with E-state index in [1.165, 1.54) is 17.0 Å². The molecule has 3 atom stereocenters. The number of rotatable bonds is 7. The smallest absolute Gasteiger partial charge is 0.255 e. The number of H-pyrrole nitrogens is 1. The van der Waals surface area contributed by atoms with Crippen LogP contribution in [0, 0.1) is 17.6 Å². The molecule has 2 N–H and O–H groups in total. The lowest BCUT2D eigenvalue weighted by Gasteiger charge is -2.46. The van der Waals surface area contributed by atoms with Gasteiger partial charge >= 0.3 is 0 Å². The number of nitrogens with one attached hydrogen (secondary N) is 2. The summed E-state index contributed by atoms with van der Waals surface area (Å²) in [4.78, 5) is 45.5. The van der Waals surface area contributed by atoms with Crippen LogP contribution in [0.2, 0.25) is 0 Å². The summed E-state index contributed by atoms with van der Waals surface area (Å²) in [6.45, 7) is 6.19. The van der Waals surface area contributed by atoms with E-state index in [0.29, 0.717) is 55.3 Å². The van der Waals surface area contributed by atoms with Gasteiger partial charge in [0.25, 0.3) is 12.3 Å². The van der Waals surface area contributed by atoms with E-state index in [1.807, 2.05) is 17.9 Å². The van der Waals surface area contributed by atoms with Crippen LogP contribution in [0.3, 0.4) is 0 Å². The van der Waals surface area contributed by atoms with E-state index in [-0.39, 0.29) is 41.8 Å². The van der Waals surface area contributed by atoms with Crippen molar-refractivity contribution in [3.8, 4) is 5.75 Å². The van der Waals surface area contributed by atoms with Gasteiger partial charge in [-0.25, -0.2) is 17.6 Å². The number of piperidine rings is 3. The number of hydrogen-bond acceptors (Lipinski definition) is 8. The molecule has 6 aliphatic heterocycles. The van der Waals surface area contributed by atoms with Gasteiger partial charge in [-0.1, -0.05) is 12.1 Å². The van der Waals surface area contributed by atoms with Crippen LogP contribution < -0.4 is 15.0 Å². The molecule has 11 nitrogen and oxygen atoms in total. The number of anilines is 1. The van der Waals surface area contributed by atoms with Crippen LogP contribution in [0.4, 0.5) is 23.2 Å². The molecule has 1 aromatic heterocycles. The maximum Gasteiger partial charge on any atom is 0.255 e. The third-order valence-corrected chi connectivity index (χ3v) is 14.5. The average Bonchev–Trinajstić information content (AvgIpc) is 3.85. The van der Waals surface area contributed by atoms with E-state index >= 15 is 8.78 Å². The van der Waals surface area contributed by atoms with E-state index < -0.39 is 42.6 Å². The minimum absolute atomic E-state index is 0.0619. The molecule has 4 aromatic rings. The Bertz CT molecular complexity index is 2350. The first kappa shape index (κ1) is 39.1. The number of carbonyl (C=O) groups excluding carboxylic acids is 3. The quantitative estimate of drug-likeness (QED) is 0.167. The summed E-state index contributed by atoms with van der Waals surface area (Å²) in [5.41, 5.74) is 5.04. The molecule has 2 unspecified atom stereocenters. The van der Waals surface area contributed by atoms with Crippen molar-refractivity contribution in [2.24, 2.45) is 5.92 Å². The first-order valence-corrected chi connectivity index (χ1v) is 21.4. The van der Waals surface area contributed by atoms with Crippen molar-refractivity contribution in [2.45, 2.75) is 94.8 Å². The highest BCUT2D eigenvalue weighted by Gasteiger charge is 2.46. The Balaban J connectivity index is 0.790. The Labute approximate surface area is 345 Å². The van der Waals surface area contributed by atoms with Crippen LogP contribution in [-0.2, 0) is 28.0 Å². The van der Waals surface area contributed by atoms with E-state index in [1.54, 1.807) is 23.2 Å². The molecule has 0 bridgehead atoms. The molecule has 316 valence electrons. The van der Waals surface area contributed by atoms with Crippen molar-refractivity contribution >= 4 is 34.3 Å². The third-order valence-electron chi connectivity index (χ3n) is 14.5. The average molecular weight is 828 g/mol. The van der Waals surface area contributed by atoms with E-state index in [0.717, 1.165) is 85.1 Å². The number of aromatic nitrogens is 2. The molecule has 3 aromatic carbocycles. The number of hydrogen-bond donors (Lipinski definition) is 2. The molecular weight excluding hydrogens is 779 g/mol. The van der Waals surface area contributed by atoms with Gasteiger partial charge in [-0.2, -0.15) is 5.10 Å². The second-order valence-corrected chi connectivity index (χ2v) is 17.8. The fraction of sp³-hybridized carbons (Fsp3) is 0.511. The second-order valence-electron chi connectivity index (χ2n) is 17.8. The molecule has 1 spiro atoms. The first-order chi connectivity index (χ1) is 29.0. The summed E-state index contributed by atoms with van der Waals surface area (Å²) in [7, 11) is 0. The van der Waals surface area contributed by atoms with Crippen molar-refractivity contribution in [2.75, 3.05) is 50.8 Å². The van der Waals surface area contributed by atoms with Gasteiger partial charge in [-0.15, -0.1) is 0 Å². The predicted molar refractivity (Wildman–Crippen MR) is 215 cm³/mol. The molecule has 10 rings (SSSR count). The van der Waals surface area contributed by atoms with Crippen molar-refractivity contribution in [1.82, 2.24) is 30.2 Å². The molecule has 0 saturated carbocycles. The highest BCUT2D eigenvalue weighted by Crippen LogP contribution is 2.50. The van der Waals surface area contributed by atoms with Gasteiger partial charge in [-0.3, -0.25) is 29.7 Å². The van der Waals surface area contributed by atoms with Crippen LogP contribution in [0.25, 0.3) is 10.9 Å². The highest BCUT2D eigenvalue weighted by molar-refractivity contribution is 6.05. The van der Waals surface area contributed by atoms with Crippen LogP contribution in [0.15, 0.2) is 42.6 Å². The van der Waals surface area contributed by atoms with E-state index in [2.05, 4.69) is 26.5 Å². The number of likely N-dealkylation sites (tertiary alicyclic amines) is 1. The molecule has 60 heavy (non-hydrogen) atoms. The molecule has 0 radical (unpaired) electrons. The predicted octanol–water partition coefficient (Wildman–Crippen LogP) is 6.24. The highest BCUT2D eigenvalue weighted by atomic mass is 19.3. The van der Waals surface area contributed by atoms with Crippen LogP contribution >= 0.6 is 0 Å². The van der Waals surface area contributed by atoms with Gasteiger partial charge in [0.05, 0.1) is 37.5 Å². The number of imide groups is 1. The molecule has 3 saturated heterocycles. The normalized spacial score (nSPS) is 24.8. The zero-order valence-electron chi connectivity index (χ0n) is 33.6. The van der Waals surface area contributed by atoms with Gasteiger partial charge in [0, 0.05) is 70.8 Å². The molecule has 3 amide bonds. The standard InChI is InChI=1S/C45H49F4N7O4/c1-25-18-30-28(3-5-36-31(30)21-50-52-36)41(55(25)24-38(48)49)40-34(46)19-27(20-35(40)47)54-13-8-26(9-14-54)22-53-15-10-45(11-16-53)12-17-60-42-32-23-56(37-6-7-39(57)51-43(37)58)44(59)29(32)2-4-33(42)45/h2-5,19-21,25-26,37-38,41H,6-18,22-24H2,1H3,(H,50,52)(H,51,57,58)/t25-,37?,41?/m1/s1. The summed E-state index contributed by atoms with van der Waals surface area (Å²) in [6.07, 6.45) is 4.58. The number of ether oxygens (including phenoxy) is 1. The third kappa shape index (κ3) is 6.63. The molecular formula is C45H49F4N7O4. The molecule has 3 fully saturated rings. The Kier molecular flexibility index (Phi) is 9.89. The Morgan fingerprint density at radius 1 is 0.950 bits per heavy atom. The van der Waals surface area contributed by atoms with Crippen molar-refractivity contribution < 1.29 is 36.7 Å². The maximum absolute atomic E-state index is 16.3. The fourth-order valence-electron chi connectivity index (χ4n) is 11.3. The number of halogens is 4. The zero-order chi connectivity index (χ0) is 41.4. The second kappa shape index (κ2) is 15.2. The van der Waals surface area contributed by atoms with Crippen molar-refractivity contribution in [3.05, 3.63) is 87.6 Å². The molecule has 6 aliphatic rings. The number of alkyl halides is 2. The minimum atomic E-state index is -2.67. The summed E-state index contributed by atoms with van der Waals surface area (Å²) in [5.74, 6) is -1.19. The molecule has 15 heteroatoms. The summed E-state index contributed by atoms with van der Waals surface area (Å²) in [6, 6.07) is 8.21. The summed E-state index contributed by atoms with van der Waals surface area (Å²) >= 11 is 0. The summed E-state index contributed by atoms with van der Waals surface area (Å²) in [5, 5.41) is 10.3. The number of amides is 3. The topological polar surface area (TPSA) is 114 Å². The number of aromatic amines is 1. The van der Waals surface area contributed by atoms with Gasteiger partial charge in [-0.05, 0) is 106 Å². The lowest BCUT2D eigenvalue weighted by atomic mass is 9.68. The Morgan fingerprint density at radius 3 is 2.45 bits per heavy atom. The minimum Gasteiger partial charge on any atom is -0.493 e. The van der Waals surface area contributed by atoms with Crippen molar-refractivity contribution in [1.29, 1.82) is 0 Å². The van der Waals surface area contributed by atoms with Gasteiger partial charge in [0.15, 0.2) is 0 Å². The van der Waals surface area contributed by atoms with Crippen LogP contribution in [0.1, 0.15) is 96.1 Å². The number of fused-ring (bicyclic) bond motifs is 7. The summed E-state index contributed by atoms with van der Waals surface area (Å²) < 4.78 is 66.8. The largest absolute Gasteiger partial charge is 0.493 e. The number of nitrogens with zero attached hydrogens (tertiary/aromatic N) is 5. The lowest BCUT2D eigenvalue weighted by Crippen LogP contribution is -2.52. The van der Waals surface area contributed by atoms with E-state index in [4.69, 9.17) is 4.74 Å². The van der Waals surface area contributed by atoms with Gasteiger partial charge in [0.1, 0.15) is 23.4 Å². The monoisotopic (exact) mass is 827 g/mol.